The molecule has 0 radical (unpaired) electrons. The van der Waals surface area contributed by atoms with E-state index in [-0.39, 0.29) is 5.91 Å². The standard InChI is InChI=1S/C24H16ClN3O3S2/c25-21-15-5-1-2-6-19(15)32-22(21)23(29)28(13-14-4-3-7-26-12-14)24-27-16-10-17-18(11-20(16)33-24)31-9-8-30-17/h1-7,10-12H,8-9,13H2. The Hall–Kier alpha value is -3.20. The average Bonchev–Trinajstić information content (AvgIpc) is 3.42. The number of carbonyl (C=O) groups excluding carboxylic acids is 1. The number of rotatable bonds is 4. The largest absolute Gasteiger partial charge is 0.486 e. The lowest BCUT2D eigenvalue weighted by atomic mass is 10.2. The second-order valence-electron chi connectivity index (χ2n) is 7.45. The van der Waals surface area contributed by atoms with Crippen LogP contribution in [0.1, 0.15) is 15.2 Å². The highest BCUT2D eigenvalue weighted by Gasteiger charge is 2.27. The molecule has 6 nitrogen and oxygen atoms in total. The van der Waals surface area contributed by atoms with Crippen molar-refractivity contribution < 1.29 is 14.3 Å². The molecule has 0 bridgehead atoms. The zero-order valence-electron chi connectivity index (χ0n) is 17.2. The number of carbonyl (C=O) groups is 1. The number of thiazole rings is 1. The minimum Gasteiger partial charge on any atom is -0.486 e. The van der Waals surface area contributed by atoms with Crippen LogP contribution in [0, 0.1) is 0 Å². The van der Waals surface area contributed by atoms with E-state index in [9.17, 15) is 4.79 Å². The second-order valence-corrected chi connectivity index (χ2v) is 9.89. The van der Waals surface area contributed by atoms with Crippen LogP contribution in [0.5, 0.6) is 11.5 Å². The Morgan fingerprint density at radius 2 is 1.85 bits per heavy atom. The number of fused-ring (bicyclic) bond motifs is 3. The van der Waals surface area contributed by atoms with Crippen molar-refractivity contribution in [2.75, 3.05) is 18.1 Å². The fourth-order valence-corrected chi connectivity index (χ4v) is 6.18. The van der Waals surface area contributed by atoms with Crippen LogP contribution in [0.15, 0.2) is 60.9 Å². The number of pyridine rings is 1. The molecule has 6 rings (SSSR count). The molecule has 0 fully saturated rings. The Balaban J connectivity index is 1.46. The third kappa shape index (κ3) is 3.70. The third-order valence-electron chi connectivity index (χ3n) is 5.31. The number of thiophene rings is 1. The lowest BCUT2D eigenvalue weighted by molar-refractivity contribution is 0.0989. The Morgan fingerprint density at radius 1 is 1.03 bits per heavy atom. The van der Waals surface area contributed by atoms with Crippen molar-refractivity contribution in [2.24, 2.45) is 0 Å². The number of hydrogen-bond donors (Lipinski definition) is 0. The van der Waals surface area contributed by atoms with Crippen molar-refractivity contribution in [1.29, 1.82) is 0 Å². The van der Waals surface area contributed by atoms with Crippen LogP contribution in [-0.4, -0.2) is 29.1 Å². The molecule has 33 heavy (non-hydrogen) atoms. The number of hydrogen-bond acceptors (Lipinski definition) is 7. The molecule has 0 saturated carbocycles. The van der Waals surface area contributed by atoms with E-state index in [2.05, 4.69) is 4.98 Å². The van der Waals surface area contributed by atoms with Crippen molar-refractivity contribution in [1.82, 2.24) is 9.97 Å². The molecule has 1 aliphatic heterocycles. The molecule has 3 aromatic heterocycles. The van der Waals surface area contributed by atoms with Gasteiger partial charge in [0.15, 0.2) is 16.6 Å². The summed E-state index contributed by atoms with van der Waals surface area (Å²) in [5, 5.41) is 1.92. The highest BCUT2D eigenvalue weighted by Crippen LogP contribution is 2.41. The monoisotopic (exact) mass is 493 g/mol. The van der Waals surface area contributed by atoms with Crippen LogP contribution in [0.3, 0.4) is 0 Å². The molecule has 0 spiro atoms. The summed E-state index contributed by atoms with van der Waals surface area (Å²) in [7, 11) is 0. The van der Waals surface area contributed by atoms with Gasteiger partial charge in [0.2, 0.25) is 0 Å². The van der Waals surface area contributed by atoms with Gasteiger partial charge in [-0.2, -0.15) is 0 Å². The molecule has 1 amide bonds. The van der Waals surface area contributed by atoms with Crippen molar-refractivity contribution in [3.8, 4) is 11.5 Å². The van der Waals surface area contributed by atoms with Crippen molar-refractivity contribution in [2.45, 2.75) is 6.54 Å². The molecule has 4 heterocycles. The summed E-state index contributed by atoms with van der Waals surface area (Å²) in [5.41, 5.74) is 1.65. The predicted molar refractivity (Wildman–Crippen MR) is 132 cm³/mol. The number of anilines is 1. The normalized spacial score (nSPS) is 12.9. The zero-order chi connectivity index (χ0) is 22.4. The number of aromatic nitrogens is 2. The van der Waals surface area contributed by atoms with Crippen molar-refractivity contribution in [3.63, 3.8) is 0 Å². The first-order chi connectivity index (χ1) is 16.2. The maximum atomic E-state index is 13.8. The molecular formula is C24H16ClN3O3S2. The van der Waals surface area contributed by atoms with Crippen molar-refractivity contribution >= 4 is 65.6 Å². The molecule has 1 aliphatic rings. The van der Waals surface area contributed by atoms with E-state index in [4.69, 9.17) is 26.1 Å². The van der Waals surface area contributed by atoms with Crippen LogP contribution in [0.2, 0.25) is 5.02 Å². The van der Waals surface area contributed by atoms with Gasteiger partial charge in [-0.15, -0.1) is 11.3 Å². The maximum Gasteiger partial charge on any atom is 0.272 e. The van der Waals surface area contributed by atoms with Gasteiger partial charge < -0.3 is 9.47 Å². The molecule has 0 saturated heterocycles. The Bertz CT molecular complexity index is 1460. The minimum absolute atomic E-state index is 0.193. The Labute approximate surface area is 202 Å². The van der Waals surface area contributed by atoms with E-state index in [1.165, 1.54) is 22.7 Å². The summed E-state index contributed by atoms with van der Waals surface area (Å²) >= 11 is 9.48. The van der Waals surface area contributed by atoms with Crippen LogP contribution >= 0.6 is 34.3 Å². The van der Waals surface area contributed by atoms with E-state index in [0.29, 0.717) is 46.3 Å². The number of halogens is 1. The fourth-order valence-electron chi connectivity index (χ4n) is 3.74. The SMILES string of the molecule is O=C(c1sc2ccccc2c1Cl)N(Cc1cccnc1)c1nc2cc3c(cc2s1)OCCO3. The van der Waals surface area contributed by atoms with Gasteiger partial charge in [0.05, 0.1) is 21.8 Å². The van der Waals surface area contributed by atoms with E-state index in [0.717, 1.165) is 25.9 Å². The third-order valence-corrected chi connectivity index (χ3v) is 8.01. The van der Waals surface area contributed by atoms with Gasteiger partial charge in [0.1, 0.15) is 18.1 Å². The molecule has 0 unspecified atom stereocenters. The number of ether oxygens (including phenoxy) is 2. The van der Waals surface area contributed by atoms with E-state index >= 15 is 0 Å². The zero-order valence-corrected chi connectivity index (χ0v) is 19.5. The Morgan fingerprint density at radius 3 is 2.64 bits per heavy atom. The van der Waals surface area contributed by atoms with Gasteiger partial charge in [-0.05, 0) is 17.7 Å². The topological polar surface area (TPSA) is 64.6 Å². The smallest absolute Gasteiger partial charge is 0.272 e. The molecule has 0 N–H and O–H groups in total. The molecular weight excluding hydrogens is 478 g/mol. The van der Waals surface area contributed by atoms with Crippen LogP contribution in [-0.2, 0) is 6.54 Å². The Kier molecular flexibility index (Phi) is 5.13. The number of nitrogens with zero attached hydrogens (tertiary/aromatic N) is 3. The first-order valence-corrected chi connectivity index (χ1v) is 12.3. The average molecular weight is 494 g/mol. The predicted octanol–water partition coefficient (Wildman–Crippen LogP) is 6.18. The second kappa shape index (κ2) is 8.30. The molecule has 5 aromatic rings. The van der Waals surface area contributed by atoms with Gasteiger partial charge >= 0.3 is 0 Å². The van der Waals surface area contributed by atoms with E-state index < -0.39 is 0 Å². The highest BCUT2D eigenvalue weighted by atomic mass is 35.5. The summed E-state index contributed by atoms with van der Waals surface area (Å²) in [6, 6.07) is 15.3. The first kappa shape index (κ1) is 20.4. The highest BCUT2D eigenvalue weighted by molar-refractivity contribution is 7.23. The van der Waals surface area contributed by atoms with Gasteiger partial charge in [0, 0.05) is 34.6 Å². The van der Waals surface area contributed by atoms with Crippen LogP contribution < -0.4 is 14.4 Å². The van der Waals surface area contributed by atoms with Gasteiger partial charge in [-0.25, -0.2) is 4.98 Å². The minimum atomic E-state index is -0.193. The van der Waals surface area contributed by atoms with Crippen molar-refractivity contribution in [3.05, 3.63) is 76.4 Å². The fraction of sp³-hybridized carbons (Fsp3) is 0.125. The summed E-state index contributed by atoms with van der Waals surface area (Å²) in [6.07, 6.45) is 3.46. The first-order valence-electron chi connectivity index (χ1n) is 10.3. The lowest BCUT2D eigenvalue weighted by Gasteiger charge is -2.19. The number of amides is 1. The van der Waals surface area contributed by atoms with Gasteiger partial charge in [-0.3, -0.25) is 14.7 Å². The molecule has 9 heteroatoms. The van der Waals surface area contributed by atoms with Gasteiger partial charge in [-0.1, -0.05) is 47.2 Å². The molecule has 2 aromatic carbocycles. The summed E-state index contributed by atoms with van der Waals surface area (Å²) in [4.78, 5) is 25.0. The van der Waals surface area contributed by atoms with E-state index in [1.807, 2.05) is 48.5 Å². The summed E-state index contributed by atoms with van der Waals surface area (Å²) in [5.74, 6) is 1.17. The van der Waals surface area contributed by atoms with Crippen LogP contribution in [0.25, 0.3) is 20.3 Å². The summed E-state index contributed by atoms with van der Waals surface area (Å²) < 4.78 is 13.3. The maximum absolute atomic E-state index is 13.8. The van der Waals surface area contributed by atoms with Gasteiger partial charge in [0.25, 0.3) is 5.91 Å². The molecule has 0 aliphatic carbocycles. The molecule has 0 atom stereocenters. The number of benzene rings is 2. The van der Waals surface area contributed by atoms with Crippen LogP contribution in [0.4, 0.5) is 5.13 Å². The lowest BCUT2D eigenvalue weighted by Crippen LogP contribution is -2.30. The van der Waals surface area contributed by atoms with E-state index in [1.54, 1.807) is 17.3 Å². The molecule has 164 valence electrons. The summed E-state index contributed by atoms with van der Waals surface area (Å²) in [6.45, 7) is 1.34. The quantitative estimate of drug-likeness (QED) is 0.299.